The van der Waals surface area contributed by atoms with Gasteiger partial charge < -0.3 is 4.57 Å². The molecule has 32 heavy (non-hydrogen) atoms. The number of amides is 1. The summed E-state index contributed by atoms with van der Waals surface area (Å²) >= 11 is 7.72. The van der Waals surface area contributed by atoms with Crippen LogP contribution < -0.4 is 4.80 Å². The van der Waals surface area contributed by atoms with E-state index in [2.05, 4.69) is 4.99 Å². The minimum atomic E-state index is -3.55. The van der Waals surface area contributed by atoms with Crippen LogP contribution in [0.4, 0.5) is 0 Å². The molecule has 6 nitrogen and oxygen atoms in total. The molecule has 1 amide bonds. The molecule has 4 rings (SSSR count). The third kappa shape index (κ3) is 4.41. The van der Waals surface area contributed by atoms with Crippen LogP contribution in [-0.4, -0.2) is 36.3 Å². The molecule has 0 spiro atoms. The van der Waals surface area contributed by atoms with Gasteiger partial charge in [0.25, 0.3) is 5.91 Å². The zero-order valence-corrected chi connectivity index (χ0v) is 20.6. The number of hydrogen-bond acceptors (Lipinski definition) is 4. The molecule has 0 radical (unpaired) electrons. The van der Waals surface area contributed by atoms with Crippen LogP contribution in [0.3, 0.4) is 0 Å². The van der Waals surface area contributed by atoms with Gasteiger partial charge in [0.2, 0.25) is 10.0 Å². The molecule has 1 saturated heterocycles. The summed E-state index contributed by atoms with van der Waals surface area (Å²) in [5.74, 6) is -0.402. The fourth-order valence-electron chi connectivity index (χ4n) is 4.05. The highest BCUT2D eigenvalue weighted by molar-refractivity contribution is 7.89. The van der Waals surface area contributed by atoms with Gasteiger partial charge in [-0.1, -0.05) is 35.8 Å². The lowest BCUT2D eigenvalue weighted by molar-refractivity contribution is 0.0997. The number of sulfonamides is 1. The number of fused-ring (bicyclic) bond motifs is 1. The van der Waals surface area contributed by atoms with Crippen molar-refractivity contribution >= 4 is 49.1 Å². The second-order valence-corrected chi connectivity index (χ2v) is 11.3. The van der Waals surface area contributed by atoms with E-state index in [1.54, 1.807) is 16.4 Å². The fourth-order valence-corrected chi connectivity index (χ4v) is 6.87. The quantitative estimate of drug-likeness (QED) is 0.516. The first kappa shape index (κ1) is 23.2. The molecule has 170 valence electrons. The van der Waals surface area contributed by atoms with Crippen molar-refractivity contribution in [3.63, 3.8) is 0 Å². The third-order valence-electron chi connectivity index (χ3n) is 5.85. The standard InChI is InChI=1S/C23H26ClN3O3S2/c1-3-27-21-16(2)19(24)12-13-20(21)31-23(27)25-22(28)17-8-10-18(11-9-17)32(29,30)26-14-6-4-5-7-15-26/h8-13H,3-7,14-15H2,1-2H3. The minimum absolute atomic E-state index is 0.215. The number of thiazole rings is 1. The van der Waals surface area contributed by atoms with Gasteiger partial charge >= 0.3 is 0 Å². The van der Waals surface area contributed by atoms with Crippen LogP contribution in [0.15, 0.2) is 46.3 Å². The number of halogens is 1. The Labute approximate surface area is 197 Å². The Morgan fingerprint density at radius 3 is 2.34 bits per heavy atom. The molecule has 1 aromatic heterocycles. The molecule has 0 unspecified atom stereocenters. The molecule has 3 aromatic rings. The number of carbonyl (C=O) groups is 1. The van der Waals surface area contributed by atoms with Crippen LogP contribution in [0, 0.1) is 6.92 Å². The van der Waals surface area contributed by atoms with Gasteiger partial charge in [-0.3, -0.25) is 4.79 Å². The van der Waals surface area contributed by atoms with Crippen LogP contribution in [0.1, 0.15) is 48.5 Å². The second-order valence-electron chi connectivity index (χ2n) is 7.91. The van der Waals surface area contributed by atoms with Gasteiger partial charge in [0.05, 0.1) is 15.1 Å². The molecule has 9 heteroatoms. The van der Waals surface area contributed by atoms with Gasteiger partial charge in [-0.2, -0.15) is 9.30 Å². The summed E-state index contributed by atoms with van der Waals surface area (Å²) < 4.78 is 30.5. The van der Waals surface area contributed by atoms with Crippen molar-refractivity contribution in [2.75, 3.05) is 13.1 Å². The van der Waals surface area contributed by atoms with Crippen molar-refractivity contribution in [1.82, 2.24) is 8.87 Å². The van der Waals surface area contributed by atoms with Gasteiger partial charge in [-0.15, -0.1) is 0 Å². The number of aryl methyl sites for hydroxylation is 2. The van der Waals surface area contributed by atoms with Crippen molar-refractivity contribution < 1.29 is 13.2 Å². The molecular formula is C23H26ClN3O3S2. The maximum Gasteiger partial charge on any atom is 0.279 e. The average molecular weight is 492 g/mol. The van der Waals surface area contributed by atoms with Crippen molar-refractivity contribution in [2.45, 2.75) is 51.0 Å². The fraction of sp³-hybridized carbons (Fsp3) is 0.391. The molecule has 0 aliphatic carbocycles. The van der Waals surface area contributed by atoms with Gasteiger partial charge in [-0.25, -0.2) is 8.42 Å². The SMILES string of the molecule is CCn1c(=NC(=O)c2ccc(S(=O)(=O)N3CCCCCC3)cc2)sc2ccc(Cl)c(C)c21. The van der Waals surface area contributed by atoms with Crippen LogP contribution in [0.25, 0.3) is 10.2 Å². The van der Waals surface area contributed by atoms with Crippen LogP contribution in [-0.2, 0) is 16.6 Å². The van der Waals surface area contributed by atoms with Crippen LogP contribution >= 0.6 is 22.9 Å². The Balaban J connectivity index is 1.65. The van der Waals surface area contributed by atoms with Gasteiger partial charge in [0, 0.05) is 30.2 Å². The molecule has 1 aliphatic heterocycles. The lowest BCUT2D eigenvalue weighted by Gasteiger charge is -2.19. The first-order valence-electron chi connectivity index (χ1n) is 10.8. The second kappa shape index (κ2) is 9.47. The van der Waals surface area contributed by atoms with Crippen molar-refractivity contribution in [1.29, 1.82) is 0 Å². The van der Waals surface area contributed by atoms with E-state index in [0.29, 0.717) is 35.0 Å². The van der Waals surface area contributed by atoms with E-state index < -0.39 is 15.9 Å². The Morgan fingerprint density at radius 2 is 1.72 bits per heavy atom. The smallest absolute Gasteiger partial charge is 0.279 e. The molecule has 0 saturated carbocycles. The normalized spacial score (nSPS) is 16.4. The predicted octanol–water partition coefficient (Wildman–Crippen LogP) is 4.99. The number of rotatable bonds is 4. The molecular weight excluding hydrogens is 466 g/mol. The monoisotopic (exact) mass is 491 g/mol. The molecule has 0 bridgehead atoms. The maximum atomic E-state index is 13.0. The van der Waals surface area contributed by atoms with Gasteiger partial charge in [0.15, 0.2) is 4.80 Å². The van der Waals surface area contributed by atoms with E-state index in [9.17, 15) is 13.2 Å². The maximum absolute atomic E-state index is 13.0. The zero-order valence-electron chi connectivity index (χ0n) is 18.2. The van der Waals surface area contributed by atoms with Crippen LogP contribution in [0.2, 0.25) is 5.02 Å². The van der Waals surface area contributed by atoms with Crippen molar-refractivity contribution in [3.8, 4) is 0 Å². The molecule has 0 atom stereocenters. The molecule has 0 N–H and O–H groups in total. The summed E-state index contributed by atoms with van der Waals surface area (Å²) in [7, 11) is -3.55. The predicted molar refractivity (Wildman–Crippen MR) is 129 cm³/mol. The van der Waals surface area contributed by atoms with Crippen molar-refractivity contribution in [2.24, 2.45) is 4.99 Å². The summed E-state index contributed by atoms with van der Waals surface area (Å²) in [4.78, 5) is 18.0. The number of benzene rings is 2. The number of aromatic nitrogens is 1. The molecule has 2 heterocycles. The molecule has 1 aliphatic rings. The van der Waals surface area contributed by atoms with E-state index in [1.165, 1.54) is 23.5 Å². The number of nitrogens with zero attached hydrogens (tertiary/aromatic N) is 3. The summed E-state index contributed by atoms with van der Waals surface area (Å²) in [5, 5.41) is 0.677. The van der Waals surface area contributed by atoms with E-state index >= 15 is 0 Å². The Hall–Kier alpha value is -2.00. The Kier molecular flexibility index (Phi) is 6.86. The Morgan fingerprint density at radius 1 is 1.06 bits per heavy atom. The highest BCUT2D eigenvalue weighted by Gasteiger charge is 2.25. The summed E-state index contributed by atoms with van der Waals surface area (Å²) in [6, 6.07) is 9.89. The Bertz CT molecular complexity index is 1320. The van der Waals surface area contributed by atoms with Gasteiger partial charge in [0.1, 0.15) is 0 Å². The molecule has 1 fully saturated rings. The highest BCUT2D eigenvalue weighted by atomic mass is 35.5. The van der Waals surface area contributed by atoms with E-state index in [-0.39, 0.29) is 4.90 Å². The topological polar surface area (TPSA) is 71.7 Å². The largest absolute Gasteiger partial charge is 0.316 e. The van der Waals surface area contributed by atoms with E-state index in [0.717, 1.165) is 41.5 Å². The van der Waals surface area contributed by atoms with Crippen molar-refractivity contribution in [3.05, 3.63) is 57.3 Å². The van der Waals surface area contributed by atoms with Crippen LogP contribution in [0.5, 0.6) is 0 Å². The first-order valence-corrected chi connectivity index (χ1v) is 13.4. The summed E-state index contributed by atoms with van der Waals surface area (Å²) in [6.45, 7) is 5.70. The number of carbonyl (C=O) groups excluding carboxylic acids is 1. The first-order chi connectivity index (χ1) is 15.3. The highest BCUT2D eigenvalue weighted by Crippen LogP contribution is 2.27. The summed E-state index contributed by atoms with van der Waals surface area (Å²) in [6.07, 6.45) is 3.88. The molecule has 2 aromatic carbocycles. The lowest BCUT2D eigenvalue weighted by atomic mass is 10.2. The summed E-state index contributed by atoms with van der Waals surface area (Å²) in [5.41, 5.74) is 2.30. The minimum Gasteiger partial charge on any atom is -0.316 e. The number of hydrogen-bond donors (Lipinski definition) is 0. The van der Waals surface area contributed by atoms with E-state index in [4.69, 9.17) is 11.6 Å². The zero-order chi connectivity index (χ0) is 22.9. The van der Waals surface area contributed by atoms with Gasteiger partial charge in [-0.05, 0) is 68.7 Å². The average Bonchev–Trinajstić information content (AvgIpc) is 2.94. The lowest BCUT2D eigenvalue weighted by Crippen LogP contribution is -2.31. The van der Waals surface area contributed by atoms with E-state index in [1.807, 2.05) is 30.5 Å². The third-order valence-corrected chi connectivity index (χ3v) is 9.21.